The largest absolute Gasteiger partial charge is 0.494 e. The molecule has 0 saturated carbocycles. The first kappa shape index (κ1) is 23.0. The summed E-state index contributed by atoms with van der Waals surface area (Å²) in [5.41, 5.74) is 1.08. The number of allylic oxidation sites excluding steroid dienone is 1. The SMILES string of the molecule is C/C=C/C1OCC(c2ccc(-c3ccc(-c4ccc(OC)c(F)c4F)cc3)c(F)c2F)CO1. The Morgan fingerprint density at radius 3 is 1.85 bits per heavy atom. The quantitative estimate of drug-likeness (QED) is 0.318. The summed E-state index contributed by atoms with van der Waals surface area (Å²) < 4.78 is 74.0. The molecule has 0 radical (unpaired) electrons. The monoisotopic (exact) mass is 458 g/mol. The first-order chi connectivity index (χ1) is 15.9. The van der Waals surface area contributed by atoms with Crippen molar-refractivity contribution in [2.75, 3.05) is 20.3 Å². The molecule has 7 heteroatoms. The molecule has 0 aromatic heterocycles. The summed E-state index contributed by atoms with van der Waals surface area (Å²) in [5.74, 6) is -4.70. The maximum absolute atomic E-state index is 14.9. The summed E-state index contributed by atoms with van der Waals surface area (Å²) in [5, 5.41) is 0. The number of ether oxygens (including phenoxy) is 3. The van der Waals surface area contributed by atoms with Crippen LogP contribution in [0.5, 0.6) is 5.75 Å². The van der Waals surface area contributed by atoms with Crippen molar-refractivity contribution in [2.24, 2.45) is 0 Å². The molecule has 0 N–H and O–H groups in total. The molecule has 1 aliphatic heterocycles. The van der Waals surface area contributed by atoms with E-state index in [1.54, 1.807) is 12.2 Å². The Kier molecular flexibility index (Phi) is 6.81. The van der Waals surface area contributed by atoms with Crippen LogP contribution in [0.4, 0.5) is 17.6 Å². The maximum atomic E-state index is 14.9. The van der Waals surface area contributed by atoms with E-state index in [4.69, 9.17) is 14.2 Å². The van der Waals surface area contributed by atoms with Gasteiger partial charge in [0, 0.05) is 17.0 Å². The Bertz CT molecular complexity index is 1170. The van der Waals surface area contributed by atoms with Crippen LogP contribution >= 0.6 is 0 Å². The van der Waals surface area contributed by atoms with Crippen LogP contribution in [0.15, 0.2) is 60.7 Å². The topological polar surface area (TPSA) is 27.7 Å². The standard InChI is InChI=1S/C26H22F4O3/c1-3-4-22-32-13-17(14-33-22)20-10-9-18(23(27)24(20)28)15-5-7-16(8-6-15)19-11-12-21(31-2)26(30)25(19)29/h3-12,17,22H,13-14H2,1-2H3/b4-3+. The van der Waals surface area contributed by atoms with Crippen molar-refractivity contribution < 1.29 is 31.8 Å². The van der Waals surface area contributed by atoms with Gasteiger partial charge in [-0.2, -0.15) is 4.39 Å². The smallest absolute Gasteiger partial charge is 0.201 e. The van der Waals surface area contributed by atoms with Gasteiger partial charge in [0.2, 0.25) is 5.82 Å². The molecule has 3 aromatic rings. The van der Waals surface area contributed by atoms with Crippen molar-refractivity contribution in [1.82, 2.24) is 0 Å². The third-order valence-electron chi connectivity index (χ3n) is 5.60. The molecule has 0 unspecified atom stereocenters. The lowest BCUT2D eigenvalue weighted by Crippen LogP contribution is -2.30. The molecule has 3 nitrogen and oxygen atoms in total. The first-order valence-electron chi connectivity index (χ1n) is 10.4. The summed E-state index contributed by atoms with van der Waals surface area (Å²) in [6.45, 7) is 2.26. The predicted octanol–water partition coefficient (Wildman–Crippen LogP) is 6.62. The highest BCUT2D eigenvalue weighted by Gasteiger charge is 2.26. The lowest BCUT2D eigenvalue weighted by Gasteiger charge is -2.28. The molecule has 0 bridgehead atoms. The number of rotatable bonds is 5. The second-order valence-electron chi connectivity index (χ2n) is 7.61. The third kappa shape index (κ3) is 4.51. The molecule has 1 fully saturated rings. The summed E-state index contributed by atoms with van der Waals surface area (Å²) in [4.78, 5) is 0. The zero-order valence-electron chi connectivity index (χ0n) is 18.1. The lowest BCUT2D eigenvalue weighted by molar-refractivity contribution is -0.159. The first-order valence-corrected chi connectivity index (χ1v) is 10.4. The Morgan fingerprint density at radius 2 is 1.30 bits per heavy atom. The van der Waals surface area contributed by atoms with E-state index in [-0.39, 0.29) is 35.7 Å². The van der Waals surface area contributed by atoms with Gasteiger partial charge in [-0.1, -0.05) is 42.5 Å². The summed E-state index contributed by atoms with van der Waals surface area (Å²) in [6, 6.07) is 11.9. The third-order valence-corrected chi connectivity index (χ3v) is 5.60. The maximum Gasteiger partial charge on any atom is 0.201 e. The van der Waals surface area contributed by atoms with E-state index < -0.39 is 35.5 Å². The summed E-state index contributed by atoms with van der Waals surface area (Å²) in [7, 11) is 1.25. The molecule has 33 heavy (non-hydrogen) atoms. The van der Waals surface area contributed by atoms with E-state index in [2.05, 4.69) is 0 Å². The average molecular weight is 458 g/mol. The summed E-state index contributed by atoms with van der Waals surface area (Å²) in [6.07, 6.45) is 3.05. The minimum Gasteiger partial charge on any atom is -0.494 e. The minimum absolute atomic E-state index is 0.0374. The van der Waals surface area contributed by atoms with Crippen molar-refractivity contribution in [3.63, 3.8) is 0 Å². The predicted molar refractivity (Wildman–Crippen MR) is 117 cm³/mol. The minimum atomic E-state index is -1.09. The molecule has 0 amide bonds. The van der Waals surface area contributed by atoms with Gasteiger partial charge in [0.1, 0.15) is 0 Å². The highest BCUT2D eigenvalue weighted by Crippen LogP contribution is 2.34. The fraction of sp³-hybridized carbons (Fsp3) is 0.231. The van der Waals surface area contributed by atoms with E-state index in [1.165, 1.54) is 55.6 Å². The molecule has 1 aliphatic rings. The van der Waals surface area contributed by atoms with Gasteiger partial charge in [-0.15, -0.1) is 0 Å². The molecule has 0 atom stereocenters. The normalized spacial score (nSPS) is 18.6. The molecule has 4 rings (SSSR count). The molecule has 172 valence electrons. The fourth-order valence-corrected chi connectivity index (χ4v) is 3.81. The molecule has 1 saturated heterocycles. The van der Waals surface area contributed by atoms with Gasteiger partial charge >= 0.3 is 0 Å². The number of halogens is 4. The van der Waals surface area contributed by atoms with Crippen molar-refractivity contribution in [3.8, 4) is 28.0 Å². The van der Waals surface area contributed by atoms with E-state index in [9.17, 15) is 17.6 Å². The molecule has 0 spiro atoms. The van der Waals surface area contributed by atoms with Gasteiger partial charge in [0.15, 0.2) is 29.5 Å². The average Bonchev–Trinajstić information content (AvgIpc) is 2.84. The molecule has 3 aromatic carbocycles. The lowest BCUT2D eigenvalue weighted by atomic mass is 9.94. The zero-order chi connectivity index (χ0) is 23.5. The van der Waals surface area contributed by atoms with Gasteiger partial charge in [-0.25, -0.2) is 13.2 Å². The Balaban J connectivity index is 1.58. The van der Waals surface area contributed by atoms with Crippen LogP contribution in [0, 0.1) is 23.3 Å². The molecule has 0 aliphatic carbocycles. The van der Waals surface area contributed by atoms with Crippen LogP contribution in [0.2, 0.25) is 0 Å². The van der Waals surface area contributed by atoms with Crippen LogP contribution in [-0.4, -0.2) is 26.6 Å². The fourth-order valence-electron chi connectivity index (χ4n) is 3.81. The highest BCUT2D eigenvalue weighted by atomic mass is 19.2. The molecular weight excluding hydrogens is 436 g/mol. The number of benzene rings is 3. The number of hydrogen-bond acceptors (Lipinski definition) is 3. The van der Waals surface area contributed by atoms with Crippen LogP contribution in [0.25, 0.3) is 22.3 Å². The van der Waals surface area contributed by atoms with Gasteiger partial charge in [0.05, 0.1) is 20.3 Å². The van der Waals surface area contributed by atoms with Crippen LogP contribution in [0.3, 0.4) is 0 Å². The van der Waals surface area contributed by atoms with Gasteiger partial charge < -0.3 is 14.2 Å². The van der Waals surface area contributed by atoms with E-state index in [0.717, 1.165) is 0 Å². The van der Waals surface area contributed by atoms with Crippen molar-refractivity contribution in [1.29, 1.82) is 0 Å². The second kappa shape index (κ2) is 9.77. The van der Waals surface area contributed by atoms with Crippen molar-refractivity contribution >= 4 is 0 Å². The van der Waals surface area contributed by atoms with E-state index in [1.807, 2.05) is 6.92 Å². The van der Waals surface area contributed by atoms with Crippen LogP contribution < -0.4 is 4.74 Å². The van der Waals surface area contributed by atoms with Crippen molar-refractivity contribution in [3.05, 3.63) is 89.5 Å². The molecular formula is C26H22F4O3. The number of hydrogen-bond donors (Lipinski definition) is 0. The number of methoxy groups -OCH3 is 1. The molecule has 1 heterocycles. The zero-order valence-corrected chi connectivity index (χ0v) is 18.1. The van der Waals surface area contributed by atoms with Gasteiger partial charge in [0.25, 0.3) is 0 Å². The van der Waals surface area contributed by atoms with Gasteiger partial charge in [-0.3, -0.25) is 0 Å². The Morgan fingerprint density at radius 1 is 0.758 bits per heavy atom. The van der Waals surface area contributed by atoms with E-state index in [0.29, 0.717) is 11.1 Å². The van der Waals surface area contributed by atoms with E-state index >= 15 is 0 Å². The summed E-state index contributed by atoms with van der Waals surface area (Å²) >= 11 is 0. The highest BCUT2D eigenvalue weighted by molar-refractivity contribution is 5.71. The van der Waals surface area contributed by atoms with Crippen LogP contribution in [0.1, 0.15) is 18.4 Å². The Hall–Kier alpha value is -3.16. The Labute approximate surface area is 189 Å². The second-order valence-corrected chi connectivity index (χ2v) is 7.61. The van der Waals surface area contributed by atoms with Crippen LogP contribution in [-0.2, 0) is 9.47 Å². The van der Waals surface area contributed by atoms with Crippen molar-refractivity contribution in [2.45, 2.75) is 19.1 Å². The van der Waals surface area contributed by atoms with Gasteiger partial charge in [-0.05, 0) is 41.8 Å².